The number of carbonyl (C=O) groups excluding carboxylic acids is 1. The molecule has 0 unspecified atom stereocenters. The Bertz CT molecular complexity index is 387. The van der Waals surface area contributed by atoms with Gasteiger partial charge in [0.05, 0.1) is 5.69 Å². The molecule has 3 nitrogen and oxygen atoms in total. The Hall–Kier alpha value is -0.940. The van der Waals surface area contributed by atoms with Crippen LogP contribution in [-0.4, -0.2) is 16.6 Å². The SMILES string of the molecule is CC(C)(O)C(=O)Nc1cc(F)ccc1Br. The first-order chi connectivity index (χ1) is 6.80. The van der Waals surface area contributed by atoms with Gasteiger partial charge in [0.15, 0.2) is 0 Å². The molecule has 82 valence electrons. The first-order valence-electron chi connectivity index (χ1n) is 4.29. The van der Waals surface area contributed by atoms with Crippen molar-refractivity contribution in [2.75, 3.05) is 5.32 Å². The smallest absolute Gasteiger partial charge is 0.255 e. The minimum absolute atomic E-state index is 0.294. The van der Waals surface area contributed by atoms with Crippen LogP contribution >= 0.6 is 15.9 Å². The van der Waals surface area contributed by atoms with Crippen LogP contribution in [0.3, 0.4) is 0 Å². The largest absolute Gasteiger partial charge is 0.381 e. The van der Waals surface area contributed by atoms with Crippen molar-refractivity contribution in [1.82, 2.24) is 0 Å². The highest BCUT2D eigenvalue weighted by atomic mass is 79.9. The predicted molar refractivity (Wildman–Crippen MR) is 59.0 cm³/mol. The fourth-order valence-corrected chi connectivity index (χ4v) is 1.21. The molecule has 0 saturated heterocycles. The van der Waals surface area contributed by atoms with Crippen LogP contribution in [0.15, 0.2) is 22.7 Å². The second-order valence-corrected chi connectivity index (χ2v) is 4.49. The molecule has 15 heavy (non-hydrogen) atoms. The van der Waals surface area contributed by atoms with Gasteiger partial charge < -0.3 is 10.4 Å². The molecule has 5 heteroatoms. The summed E-state index contributed by atoms with van der Waals surface area (Å²) in [6, 6.07) is 3.92. The van der Waals surface area contributed by atoms with Crippen LogP contribution in [0.4, 0.5) is 10.1 Å². The van der Waals surface area contributed by atoms with Crippen molar-refractivity contribution in [3.05, 3.63) is 28.5 Å². The zero-order valence-electron chi connectivity index (χ0n) is 8.34. The van der Waals surface area contributed by atoms with E-state index in [0.29, 0.717) is 10.2 Å². The average Bonchev–Trinajstić information content (AvgIpc) is 2.09. The van der Waals surface area contributed by atoms with Gasteiger partial charge in [0.25, 0.3) is 5.91 Å². The van der Waals surface area contributed by atoms with Gasteiger partial charge in [-0.25, -0.2) is 4.39 Å². The summed E-state index contributed by atoms with van der Waals surface area (Å²) in [6.45, 7) is 2.71. The number of anilines is 1. The first kappa shape index (κ1) is 12.1. The maximum Gasteiger partial charge on any atom is 0.255 e. The summed E-state index contributed by atoms with van der Waals surface area (Å²) in [5.41, 5.74) is -1.20. The number of rotatable bonds is 2. The Morgan fingerprint density at radius 3 is 2.67 bits per heavy atom. The van der Waals surface area contributed by atoms with Crippen molar-refractivity contribution in [2.24, 2.45) is 0 Å². The Balaban J connectivity index is 2.90. The second-order valence-electron chi connectivity index (χ2n) is 3.64. The van der Waals surface area contributed by atoms with Crippen LogP contribution in [0.25, 0.3) is 0 Å². The molecule has 0 fully saturated rings. The number of hydrogen-bond acceptors (Lipinski definition) is 2. The van der Waals surface area contributed by atoms with Crippen LogP contribution in [-0.2, 0) is 4.79 Å². The van der Waals surface area contributed by atoms with E-state index in [4.69, 9.17) is 0 Å². The van der Waals surface area contributed by atoms with E-state index in [9.17, 15) is 14.3 Å². The number of amides is 1. The maximum absolute atomic E-state index is 12.9. The molecule has 0 heterocycles. The van der Waals surface area contributed by atoms with Crippen LogP contribution < -0.4 is 5.32 Å². The lowest BCUT2D eigenvalue weighted by molar-refractivity contribution is -0.130. The number of hydrogen-bond donors (Lipinski definition) is 2. The molecule has 0 bridgehead atoms. The molecule has 1 aromatic rings. The van der Waals surface area contributed by atoms with E-state index < -0.39 is 17.3 Å². The van der Waals surface area contributed by atoms with E-state index in [1.807, 2.05) is 0 Å². The number of benzene rings is 1. The number of nitrogens with one attached hydrogen (secondary N) is 1. The lowest BCUT2D eigenvalue weighted by atomic mass is 10.1. The Kier molecular flexibility index (Phi) is 3.46. The highest BCUT2D eigenvalue weighted by molar-refractivity contribution is 9.10. The predicted octanol–water partition coefficient (Wildman–Crippen LogP) is 2.30. The number of aliphatic hydroxyl groups is 1. The quantitative estimate of drug-likeness (QED) is 0.870. The van der Waals surface area contributed by atoms with Gasteiger partial charge in [0, 0.05) is 4.47 Å². The van der Waals surface area contributed by atoms with E-state index in [-0.39, 0.29) is 0 Å². The third-order valence-electron chi connectivity index (χ3n) is 1.73. The monoisotopic (exact) mass is 275 g/mol. The molecule has 1 aromatic carbocycles. The Morgan fingerprint density at radius 2 is 2.13 bits per heavy atom. The topological polar surface area (TPSA) is 49.3 Å². The maximum atomic E-state index is 12.9. The van der Waals surface area contributed by atoms with Gasteiger partial charge in [-0.15, -0.1) is 0 Å². The third kappa shape index (κ3) is 3.28. The third-order valence-corrected chi connectivity index (χ3v) is 2.42. The van der Waals surface area contributed by atoms with Crippen LogP contribution in [0.5, 0.6) is 0 Å². The van der Waals surface area contributed by atoms with Crippen molar-refractivity contribution >= 4 is 27.5 Å². The van der Waals surface area contributed by atoms with Crippen molar-refractivity contribution in [1.29, 1.82) is 0 Å². The molecule has 0 aliphatic carbocycles. The Labute approximate surface area is 95.4 Å². The number of carbonyl (C=O) groups is 1. The summed E-state index contributed by atoms with van der Waals surface area (Å²) in [6.07, 6.45) is 0. The molecule has 0 aromatic heterocycles. The van der Waals surface area contributed by atoms with Crippen molar-refractivity contribution in [3.63, 3.8) is 0 Å². The van der Waals surface area contributed by atoms with Gasteiger partial charge in [-0.05, 0) is 48.0 Å². The van der Waals surface area contributed by atoms with Crippen molar-refractivity contribution < 1.29 is 14.3 Å². The van der Waals surface area contributed by atoms with Crippen LogP contribution in [0.1, 0.15) is 13.8 Å². The van der Waals surface area contributed by atoms with Crippen LogP contribution in [0.2, 0.25) is 0 Å². The second kappa shape index (κ2) is 4.28. The van der Waals surface area contributed by atoms with Crippen LogP contribution in [0, 0.1) is 5.82 Å². The van der Waals surface area contributed by atoms with E-state index >= 15 is 0 Å². The molecule has 0 spiro atoms. The highest BCUT2D eigenvalue weighted by Gasteiger charge is 2.24. The van der Waals surface area contributed by atoms with Gasteiger partial charge in [-0.1, -0.05) is 0 Å². The average molecular weight is 276 g/mol. The standard InChI is InChI=1S/C10H11BrFNO2/c1-10(2,15)9(14)13-8-5-6(12)3-4-7(8)11/h3-5,15H,1-2H3,(H,13,14). The molecule has 0 saturated carbocycles. The zero-order chi connectivity index (χ0) is 11.6. The van der Waals surface area contributed by atoms with Crippen molar-refractivity contribution in [3.8, 4) is 0 Å². The summed E-state index contributed by atoms with van der Waals surface area (Å²) in [5, 5.41) is 11.8. The number of halogens is 2. The molecular weight excluding hydrogens is 265 g/mol. The summed E-state index contributed by atoms with van der Waals surface area (Å²) in [5.74, 6) is -1.04. The van der Waals surface area contributed by atoms with Crippen molar-refractivity contribution in [2.45, 2.75) is 19.4 Å². The zero-order valence-corrected chi connectivity index (χ0v) is 9.93. The van der Waals surface area contributed by atoms with Gasteiger partial charge >= 0.3 is 0 Å². The molecule has 1 amide bonds. The minimum atomic E-state index is -1.49. The van der Waals surface area contributed by atoms with Gasteiger partial charge in [0.1, 0.15) is 11.4 Å². The van der Waals surface area contributed by atoms with Gasteiger partial charge in [-0.2, -0.15) is 0 Å². The molecule has 1 rings (SSSR count). The normalized spacial score (nSPS) is 11.3. The summed E-state index contributed by atoms with van der Waals surface area (Å²) < 4.78 is 13.4. The molecule has 0 aliphatic heterocycles. The van der Waals surface area contributed by atoms with E-state index in [2.05, 4.69) is 21.2 Å². The fraction of sp³-hybridized carbons (Fsp3) is 0.300. The minimum Gasteiger partial charge on any atom is -0.381 e. The summed E-state index contributed by atoms with van der Waals surface area (Å²) in [7, 11) is 0. The van der Waals surface area contributed by atoms with E-state index in [1.54, 1.807) is 0 Å². The molecule has 0 radical (unpaired) electrons. The van der Waals surface area contributed by atoms with E-state index in [1.165, 1.54) is 32.0 Å². The van der Waals surface area contributed by atoms with Gasteiger partial charge in [0.2, 0.25) is 0 Å². The summed E-state index contributed by atoms with van der Waals surface area (Å²) >= 11 is 3.16. The molecule has 0 atom stereocenters. The Morgan fingerprint density at radius 1 is 1.53 bits per heavy atom. The lowest BCUT2D eigenvalue weighted by Crippen LogP contribution is -2.36. The van der Waals surface area contributed by atoms with E-state index in [0.717, 1.165) is 0 Å². The first-order valence-corrected chi connectivity index (χ1v) is 5.09. The fourth-order valence-electron chi connectivity index (χ4n) is 0.869. The molecule has 0 aliphatic rings. The molecular formula is C10H11BrFNO2. The molecule has 2 N–H and O–H groups in total. The van der Waals surface area contributed by atoms with Gasteiger partial charge in [-0.3, -0.25) is 4.79 Å². The highest BCUT2D eigenvalue weighted by Crippen LogP contribution is 2.23. The summed E-state index contributed by atoms with van der Waals surface area (Å²) in [4.78, 5) is 11.4. The lowest BCUT2D eigenvalue weighted by Gasteiger charge is -2.17.